The fraction of sp³-hybridized carbons (Fsp3) is 0.105. The van der Waals surface area contributed by atoms with Gasteiger partial charge in [-0.1, -0.05) is 0 Å². The standard InChI is InChI=1S/C19H15B2Cl2N6/c1-10-13(9-20)15(24-19-26-17(22)25-18(23)27-19)11(2)14(21-3)16(10)29-28-12-7-5-4-6-8-12/h4-9H,3H2,1-2H3,(H,24,25,26,27). The molecule has 0 unspecified atom stereocenters. The molecule has 29 heavy (non-hydrogen) atoms. The average Bonchev–Trinajstić information content (AvgIpc) is 2.69. The van der Waals surface area contributed by atoms with Gasteiger partial charge in [0.05, 0.1) is 0 Å². The number of rotatable bonds is 6. The molecule has 0 bridgehead atoms. The minimum absolute atomic E-state index is 0.0163. The number of hydrogen-bond donors (Lipinski definition) is 1. The molecule has 0 spiro atoms. The maximum absolute atomic E-state index is 5.93. The average molecular weight is 420 g/mol. The van der Waals surface area contributed by atoms with Gasteiger partial charge in [-0.3, -0.25) is 0 Å². The first-order valence-corrected chi connectivity index (χ1v) is 9.35. The zero-order valence-electron chi connectivity index (χ0n) is 15.8. The third-order valence-electron chi connectivity index (χ3n) is 4.27. The molecule has 3 rings (SSSR count). The molecule has 0 saturated carbocycles. The number of halogens is 2. The predicted molar refractivity (Wildman–Crippen MR) is 123 cm³/mol. The normalized spacial score (nSPS) is 10.7. The van der Waals surface area contributed by atoms with Gasteiger partial charge in [0, 0.05) is 0 Å². The Morgan fingerprint density at radius 1 is 1.03 bits per heavy atom. The van der Waals surface area contributed by atoms with Gasteiger partial charge in [-0.15, -0.1) is 0 Å². The van der Waals surface area contributed by atoms with E-state index in [0.717, 1.165) is 27.8 Å². The van der Waals surface area contributed by atoms with Crippen LogP contribution in [0, 0.1) is 13.8 Å². The molecule has 0 aliphatic carbocycles. The van der Waals surface area contributed by atoms with Gasteiger partial charge in [0.25, 0.3) is 0 Å². The molecule has 0 saturated heterocycles. The van der Waals surface area contributed by atoms with Crippen molar-refractivity contribution in [3.63, 3.8) is 0 Å². The summed E-state index contributed by atoms with van der Waals surface area (Å²) in [6, 6.07) is 9.47. The van der Waals surface area contributed by atoms with E-state index in [1.165, 1.54) is 5.97 Å². The fourth-order valence-electron chi connectivity index (χ4n) is 2.88. The number of nitrogens with zero attached hydrogens (tertiary/aromatic N) is 5. The molecule has 1 heterocycles. The van der Waals surface area contributed by atoms with Crippen molar-refractivity contribution in [3.8, 4) is 0 Å². The van der Waals surface area contributed by atoms with Crippen LogP contribution in [0.4, 0.5) is 23.0 Å². The first kappa shape index (κ1) is 21.0. The quantitative estimate of drug-likeness (QED) is 0.483. The number of benzene rings is 2. The van der Waals surface area contributed by atoms with E-state index in [1.807, 2.05) is 44.2 Å². The Kier molecular flexibility index (Phi) is 6.67. The summed E-state index contributed by atoms with van der Waals surface area (Å²) in [5.41, 5.74) is 5.31. The Hall–Kier alpha value is -2.70. The van der Waals surface area contributed by atoms with Crippen molar-refractivity contribution in [2.75, 3.05) is 5.32 Å². The van der Waals surface area contributed by atoms with Crippen molar-refractivity contribution in [2.24, 2.45) is 10.2 Å². The van der Waals surface area contributed by atoms with E-state index in [4.69, 9.17) is 30.7 Å². The van der Waals surface area contributed by atoms with Crippen LogP contribution in [0.5, 0.6) is 0 Å². The monoisotopic (exact) mass is 419 g/mol. The number of azo groups is 1. The SMILES string of the molecule is [B]=Cc1c(C)c(N=Nc2ccccc2)c(B=C)c(C)c1Nc1nc(Cl)nc(Cl)n1. The molecule has 3 aromatic rings. The Labute approximate surface area is 180 Å². The molecule has 0 atom stereocenters. The zero-order chi connectivity index (χ0) is 21.0. The summed E-state index contributed by atoms with van der Waals surface area (Å²) in [4.78, 5) is 11.9. The predicted octanol–water partition coefficient (Wildman–Crippen LogP) is 4.03. The van der Waals surface area contributed by atoms with Gasteiger partial charge in [-0.25, -0.2) is 0 Å². The molecule has 10 heteroatoms. The van der Waals surface area contributed by atoms with Crippen molar-refractivity contribution in [1.29, 1.82) is 0 Å². The van der Waals surface area contributed by atoms with Crippen LogP contribution >= 0.6 is 23.2 Å². The van der Waals surface area contributed by atoms with E-state index < -0.39 is 0 Å². The molecule has 1 aromatic heterocycles. The molecule has 0 aliphatic rings. The van der Waals surface area contributed by atoms with Gasteiger partial charge >= 0.3 is 180 Å². The van der Waals surface area contributed by atoms with E-state index in [-0.39, 0.29) is 16.5 Å². The summed E-state index contributed by atoms with van der Waals surface area (Å²) in [5, 5.41) is 11.9. The van der Waals surface area contributed by atoms with Crippen LogP contribution in [-0.2, 0) is 0 Å². The molecule has 6 nitrogen and oxygen atoms in total. The molecule has 141 valence electrons. The molecule has 2 aromatic carbocycles. The molecule has 1 radical (unpaired) electrons. The molecular weight excluding hydrogens is 405 g/mol. The summed E-state index contributed by atoms with van der Waals surface area (Å²) < 4.78 is 0. The summed E-state index contributed by atoms with van der Waals surface area (Å²) in [7, 11) is 5.93. The van der Waals surface area contributed by atoms with Crippen LogP contribution in [-0.4, -0.2) is 41.8 Å². The van der Waals surface area contributed by atoms with Crippen LogP contribution < -0.4 is 10.8 Å². The van der Waals surface area contributed by atoms with Crippen molar-refractivity contribution >= 4 is 78.5 Å². The minimum atomic E-state index is -0.0163. The fourth-order valence-corrected chi connectivity index (χ4v) is 3.24. The topological polar surface area (TPSA) is 75.4 Å². The van der Waals surface area contributed by atoms with Crippen LogP contribution in [0.25, 0.3) is 0 Å². The van der Waals surface area contributed by atoms with E-state index in [1.54, 1.807) is 6.92 Å². The molecule has 0 fully saturated rings. The number of anilines is 2. The van der Waals surface area contributed by atoms with Crippen LogP contribution in [0.1, 0.15) is 16.7 Å². The Morgan fingerprint density at radius 3 is 2.28 bits per heavy atom. The van der Waals surface area contributed by atoms with Crippen molar-refractivity contribution < 1.29 is 0 Å². The summed E-state index contributed by atoms with van der Waals surface area (Å²) in [5.74, 6) is 1.69. The third-order valence-corrected chi connectivity index (χ3v) is 4.61. The number of nitrogens with one attached hydrogen (secondary N) is 1. The third kappa shape index (κ3) is 4.66. The second-order valence-electron chi connectivity index (χ2n) is 6.03. The van der Waals surface area contributed by atoms with Gasteiger partial charge in [-0.05, 0) is 0 Å². The maximum atomic E-state index is 5.93. The van der Waals surface area contributed by atoms with Crippen molar-refractivity contribution in [2.45, 2.75) is 13.8 Å². The molecule has 1 N–H and O–H groups in total. The van der Waals surface area contributed by atoms with Crippen molar-refractivity contribution in [3.05, 3.63) is 57.6 Å². The number of aromatic nitrogens is 3. The Bertz CT molecular complexity index is 1100. The second kappa shape index (κ2) is 9.20. The van der Waals surface area contributed by atoms with Gasteiger partial charge in [0.2, 0.25) is 0 Å². The summed E-state index contributed by atoms with van der Waals surface area (Å²) in [6.45, 7) is 9.47. The van der Waals surface area contributed by atoms with Gasteiger partial charge < -0.3 is 0 Å². The Balaban J connectivity index is 2.14. The second-order valence-corrected chi connectivity index (χ2v) is 6.71. The van der Waals surface area contributed by atoms with E-state index in [2.05, 4.69) is 37.0 Å². The number of hydrogen-bond acceptors (Lipinski definition) is 6. The van der Waals surface area contributed by atoms with E-state index >= 15 is 0 Å². The molecule has 0 amide bonds. The Morgan fingerprint density at radius 2 is 1.69 bits per heavy atom. The molecular formula is C19H15B2Cl2N6. The first-order valence-electron chi connectivity index (χ1n) is 8.60. The summed E-state index contributed by atoms with van der Waals surface area (Å²) in [6.07, 6.45) is 0. The molecule has 0 aliphatic heterocycles. The van der Waals surface area contributed by atoms with Crippen molar-refractivity contribution in [1.82, 2.24) is 15.0 Å². The van der Waals surface area contributed by atoms with Crippen LogP contribution in [0.15, 0.2) is 40.6 Å². The first-order chi connectivity index (χ1) is 13.9. The summed E-state index contributed by atoms with van der Waals surface area (Å²) >= 11 is 11.8. The van der Waals surface area contributed by atoms with E-state index in [0.29, 0.717) is 11.4 Å². The van der Waals surface area contributed by atoms with E-state index in [9.17, 15) is 0 Å². The van der Waals surface area contributed by atoms with Gasteiger partial charge in [0.15, 0.2) is 0 Å². The van der Waals surface area contributed by atoms with Gasteiger partial charge in [-0.2, -0.15) is 0 Å². The zero-order valence-corrected chi connectivity index (χ0v) is 17.3. The van der Waals surface area contributed by atoms with Crippen LogP contribution in [0.3, 0.4) is 0 Å². The van der Waals surface area contributed by atoms with Crippen LogP contribution in [0.2, 0.25) is 10.6 Å². The van der Waals surface area contributed by atoms with Gasteiger partial charge in [0.1, 0.15) is 0 Å².